The summed E-state index contributed by atoms with van der Waals surface area (Å²) in [5.74, 6) is 1.14. The number of aryl methyl sites for hydroxylation is 1. The molecular formula is C30H46O4. The van der Waals surface area contributed by atoms with Crippen molar-refractivity contribution in [2.75, 3.05) is 19.8 Å². The molecule has 0 bridgehead atoms. The molecule has 34 heavy (non-hydrogen) atoms. The zero-order valence-corrected chi connectivity index (χ0v) is 21.3. The molecule has 1 aromatic carbocycles. The molecule has 2 N–H and O–H groups in total. The van der Waals surface area contributed by atoms with Gasteiger partial charge >= 0.3 is 5.97 Å². The smallest absolute Gasteiger partial charge is 0.335 e. The highest BCUT2D eigenvalue weighted by Gasteiger charge is 2.21. The third-order valence-electron chi connectivity index (χ3n) is 7.38. The Bertz CT molecular complexity index is 744. The number of hydrogen-bond donors (Lipinski definition) is 2. The minimum atomic E-state index is -0.589. The van der Waals surface area contributed by atoms with Gasteiger partial charge in [-0.25, -0.2) is 4.79 Å². The number of esters is 1. The fraction of sp³-hybridized carbons (Fsp3) is 0.633. The van der Waals surface area contributed by atoms with Crippen LogP contribution in [0.15, 0.2) is 48.6 Å². The third-order valence-corrected chi connectivity index (χ3v) is 7.38. The van der Waals surface area contributed by atoms with E-state index in [-0.39, 0.29) is 24.7 Å². The highest BCUT2D eigenvalue weighted by molar-refractivity contribution is 5.87. The molecule has 0 saturated heterocycles. The molecular weight excluding hydrogens is 424 g/mol. The Hall–Kier alpha value is -1.91. The van der Waals surface area contributed by atoms with Crippen molar-refractivity contribution in [2.45, 2.75) is 89.9 Å². The molecule has 190 valence electrons. The molecule has 1 aliphatic carbocycles. The lowest BCUT2D eigenvalue weighted by Crippen LogP contribution is -2.16. The van der Waals surface area contributed by atoms with Gasteiger partial charge in [0, 0.05) is 5.92 Å². The highest BCUT2D eigenvalue weighted by atomic mass is 16.5. The van der Waals surface area contributed by atoms with E-state index < -0.39 is 12.6 Å². The fourth-order valence-electron chi connectivity index (χ4n) is 5.02. The van der Waals surface area contributed by atoms with Crippen LogP contribution in [0, 0.1) is 11.8 Å². The lowest BCUT2D eigenvalue weighted by molar-refractivity contribution is -0.140. The van der Waals surface area contributed by atoms with Gasteiger partial charge in [0.05, 0.1) is 25.4 Å². The molecule has 1 saturated carbocycles. The maximum absolute atomic E-state index is 11.9. The number of rotatable bonds is 16. The van der Waals surface area contributed by atoms with Gasteiger partial charge in [0.1, 0.15) is 0 Å². The summed E-state index contributed by atoms with van der Waals surface area (Å²) in [7, 11) is 0. The van der Waals surface area contributed by atoms with Crippen molar-refractivity contribution < 1.29 is 19.7 Å². The van der Waals surface area contributed by atoms with Crippen LogP contribution in [0.3, 0.4) is 0 Å². The normalized spacial score (nSPS) is 18.9. The summed E-state index contributed by atoms with van der Waals surface area (Å²) in [6.45, 7) is 9.35. The van der Waals surface area contributed by atoms with Gasteiger partial charge in [0.2, 0.25) is 0 Å². The van der Waals surface area contributed by atoms with Crippen LogP contribution in [0.4, 0.5) is 0 Å². The molecule has 0 aromatic heterocycles. The summed E-state index contributed by atoms with van der Waals surface area (Å²) < 4.78 is 5.34. The lowest BCUT2D eigenvalue weighted by atomic mass is 9.77. The monoisotopic (exact) mass is 470 g/mol. The predicted molar refractivity (Wildman–Crippen MR) is 140 cm³/mol. The maximum Gasteiger partial charge on any atom is 0.335 e. The Morgan fingerprint density at radius 3 is 2.21 bits per heavy atom. The van der Waals surface area contributed by atoms with Gasteiger partial charge in [0.15, 0.2) is 0 Å². The van der Waals surface area contributed by atoms with Crippen molar-refractivity contribution >= 4 is 5.97 Å². The van der Waals surface area contributed by atoms with E-state index in [9.17, 15) is 9.90 Å². The zero-order valence-electron chi connectivity index (χ0n) is 21.3. The first kappa shape index (κ1) is 28.3. The SMILES string of the molecule is C=C(CO)CC(COC(=O)C(=C)CO)c1ccc(CCC2CCC(CCCCCC)CC2)cc1. The minimum absolute atomic E-state index is 0.0422. The summed E-state index contributed by atoms with van der Waals surface area (Å²) in [4.78, 5) is 11.9. The van der Waals surface area contributed by atoms with Crippen molar-refractivity contribution in [2.24, 2.45) is 11.8 Å². The van der Waals surface area contributed by atoms with Crippen LogP contribution in [0.1, 0.15) is 94.6 Å². The number of benzene rings is 1. The molecule has 1 fully saturated rings. The summed E-state index contributed by atoms with van der Waals surface area (Å²) in [6, 6.07) is 8.56. The van der Waals surface area contributed by atoms with E-state index in [4.69, 9.17) is 9.84 Å². The average Bonchev–Trinajstić information content (AvgIpc) is 2.88. The Labute approximate surface area is 207 Å². The number of aliphatic hydroxyl groups is 2. The zero-order chi connectivity index (χ0) is 24.8. The molecule has 2 rings (SSSR count). The quantitative estimate of drug-likeness (QED) is 0.125. The number of unbranched alkanes of at least 4 members (excludes halogenated alkanes) is 3. The molecule has 0 aliphatic heterocycles. The van der Waals surface area contributed by atoms with Crippen molar-refractivity contribution in [1.29, 1.82) is 0 Å². The van der Waals surface area contributed by atoms with Gasteiger partial charge in [-0.2, -0.15) is 0 Å². The minimum Gasteiger partial charge on any atom is -0.462 e. The average molecular weight is 471 g/mol. The summed E-state index contributed by atoms with van der Waals surface area (Å²) in [6.07, 6.45) is 15.4. The number of ether oxygens (including phenoxy) is 1. The first-order chi connectivity index (χ1) is 16.5. The summed E-state index contributed by atoms with van der Waals surface area (Å²) in [5, 5.41) is 18.5. The van der Waals surface area contributed by atoms with E-state index in [0.717, 1.165) is 23.8 Å². The fourth-order valence-corrected chi connectivity index (χ4v) is 5.02. The first-order valence-corrected chi connectivity index (χ1v) is 13.3. The second-order valence-corrected chi connectivity index (χ2v) is 10.2. The molecule has 1 aliphatic rings. The topological polar surface area (TPSA) is 66.8 Å². The summed E-state index contributed by atoms with van der Waals surface area (Å²) in [5.41, 5.74) is 3.15. The van der Waals surface area contributed by atoms with Gasteiger partial charge < -0.3 is 14.9 Å². The second kappa shape index (κ2) is 15.9. The van der Waals surface area contributed by atoms with E-state index in [1.807, 2.05) is 0 Å². The number of hydrogen-bond acceptors (Lipinski definition) is 4. The van der Waals surface area contributed by atoms with E-state index in [2.05, 4.69) is 44.3 Å². The van der Waals surface area contributed by atoms with Crippen LogP contribution in [-0.2, 0) is 16.0 Å². The second-order valence-electron chi connectivity index (χ2n) is 10.2. The van der Waals surface area contributed by atoms with E-state index >= 15 is 0 Å². The van der Waals surface area contributed by atoms with E-state index in [1.165, 1.54) is 69.8 Å². The first-order valence-electron chi connectivity index (χ1n) is 13.3. The van der Waals surface area contributed by atoms with Crippen LogP contribution >= 0.6 is 0 Å². The number of carbonyl (C=O) groups excluding carboxylic acids is 1. The van der Waals surface area contributed by atoms with Gasteiger partial charge in [0.25, 0.3) is 0 Å². The summed E-state index contributed by atoms with van der Waals surface area (Å²) >= 11 is 0. The van der Waals surface area contributed by atoms with E-state index in [0.29, 0.717) is 12.0 Å². The van der Waals surface area contributed by atoms with Crippen molar-refractivity contribution in [3.63, 3.8) is 0 Å². The van der Waals surface area contributed by atoms with Crippen molar-refractivity contribution in [1.82, 2.24) is 0 Å². The molecule has 1 unspecified atom stereocenters. The van der Waals surface area contributed by atoms with Gasteiger partial charge in [-0.15, -0.1) is 0 Å². The maximum atomic E-state index is 11.9. The largest absolute Gasteiger partial charge is 0.462 e. The van der Waals surface area contributed by atoms with Crippen LogP contribution < -0.4 is 0 Å². The third kappa shape index (κ3) is 10.1. The Balaban J connectivity index is 1.81. The van der Waals surface area contributed by atoms with Gasteiger partial charge in [-0.05, 0) is 42.2 Å². The predicted octanol–water partition coefficient (Wildman–Crippen LogP) is 6.51. The van der Waals surface area contributed by atoms with Crippen LogP contribution in [0.25, 0.3) is 0 Å². The molecule has 4 heteroatoms. The molecule has 0 amide bonds. The number of aliphatic hydroxyl groups excluding tert-OH is 2. The molecule has 0 radical (unpaired) electrons. The van der Waals surface area contributed by atoms with Crippen LogP contribution in [0.2, 0.25) is 0 Å². The Morgan fingerprint density at radius 1 is 0.971 bits per heavy atom. The molecule has 1 atom stereocenters. The van der Waals surface area contributed by atoms with Gasteiger partial charge in [-0.1, -0.05) is 108 Å². The molecule has 1 aromatic rings. The standard InChI is InChI=1S/C30H46O4/c1-4-5-6-7-8-25-9-11-26(12-10-25)13-14-27-15-17-28(18-16-27)29(19-23(2)20-31)22-34-30(33)24(3)21-32/h15-18,25-26,29,31-32H,2-14,19-22H2,1H3. The van der Waals surface area contributed by atoms with Crippen molar-refractivity contribution in [3.8, 4) is 0 Å². The Morgan fingerprint density at radius 2 is 1.62 bits per heavy atom. The molecule has 0 spiro atoms. The Kier molecular flexibility index (Phi) is 13.2. The number of carbonyl (C=O) groups is 1. The molecule has 0 heterocycles. The van der Waals surface area contributed by atoms with Crippen LogP contribution in [0.5, 0.6) is 0 Å². The van der Waals surface area contributed by atoms with Crippen LogP contribution in [-0.4, -0.2) is 36.0 Å². The lowest BCUT2D eigenvalue weighted by Gasteiger charge is -2.28. The van der Waals surface area contributed by atoms with Gasteiger partial charge in [-0.3, -0.25) is 0 Å². The van der Waals surface area contributed by atoms with E-state index in [1.54, 1.807) is 0 Å². The molecule has 4 nitrogen and oxygen atoms in total. The van der Waals surface area contributed by atoms with Crippen molar-refractivity contribution in [3.05, 3.63) is 59.7 Å². The highest BCUT2D eigenvalue weighted by Crippen LogP contribution is 2.34.